The van der Waals surface area contributed by atoms with Gasteiger partial charge in [-0.2, -0.15) is 23.4 Å². The number of aromatic nitrogens is 4. The first-order valence-electron chi connectivity index (χ1n) is 9.20. The number of nitrogens with two attached hydrogens (primary N) is 1. The molecule has 33 heavy (non-hydrogen) atoms. The van der Waals surface area contributed by atoms with Gasteiger partial charge in [-0.15, -0.1) is 11.3 Å². The SMILES string of the molecule is CC(C)(O/N=C(\C(=O)C[C@@H]1C(=O)N(S(=O)(=O)O)[C@@H]1Cn1nccn1)c1csc(N)n1)C(=O)O. The standard InChI is InChI=1S/C16H19N7O8S2/c1-16(2,14(26)27)31-21-12(9-7-32-15(17)20-9)11(24)5-8-10(6-22-18-3-4-19-22)23(13(8)25)33(28,29)30/h3-4,7-8,10H,5-6H2,1-2H3,(H2,17,20)(H,26,27)(H,28,29,30)/b21-12-/t8-,10+/m0/s1. The van der Waals surface area contributed by atoms with Crippen molar-refractivity contribution in [3.8, 4) is 0 Å². The van der Waals surface area contributed by atoms with Crippen LogP contribution in [-0.2, 0) is 36.1 Å². The van der Waals surface area contributed by atoms with Crippen LogP contribution >= 0.6 is 11.3 Å². The van der Waals surface area contributed by atoms with E-state index in [1.165, 1.54) is 31.6 Å². The van der Waals surface area contributed by atoms with Crippen LogP contribution in [0.3, 0.4) is 0 Å². The van der Waals surface area contributed by atoms with Crippen LogP contribution in [-0.4, -0.2) is 77.4 Å². The van der Waals surface area contributed by atoms with E-state index in [1.54, 1.807) is 0 Å². The Morgan fingerprint density at radius 3 is 2.48 bits per heavy atom. The van der Waals surface area contributed by atoms with E-state index in [-0.39, 0.29) is 21.7 Å². The molecule has 1 fully saturated rings. The van der Waals surface area contributed by atoms with Gasteiger partial charge >= 0.3 is 16.3 Å². The maximum atomic E-state index is 13.0. The number of amides is 1. The highest BCUT2D eigenvalue weighted by Crippen LogP contribution is 2.33. The molecule has 2 atom stereocenters. The van der Waals surface area contributed by atoms with Crippen molar-refractivity contribution in [3.63, 3.8) is 0 Å². The molecular weight excluding hydrogens is 482 g/mol. The maximum Gasteiger partial charge on any atom is 0.362 e. The van der Waals surface area contributed by atoms with Gasteiger partial charge in [0.05, 0.1) is 30.9 Å². The summed E-state index contributed by atoms with van der Waals surface area (Å²) in [7, 11) is -4.89. The number of aliphatic carboxylic acids is 1. The van der Waals surface area contributed by atoms with E-state index in [1.807, 2.05) is 0 Å². The van der Waals surface area contributed by atoms with Crippen molar-refractivity contribution >= 4 is 50.1 Å². The summed E-state index contributed by atoms with van der Waals surface area (Å²) in [6, 6.07) is -1.15. The molecule has 1 saturated heterocycles. The normalized spacial score (nSPS) is 19.3. The summed E-state index contributed by atoms with van der Waals surface area (Å²) >= 11 is 0.990. The Morgan fingerprint density at radius 1 is 1.33 bits per heavy atom. The van der Waals surface area contributed by atoms with Gasteiger partial charge in [0, 0.05) is 11.8 Å². The van der Waals surface area contributed by atoms with Crippen LogP contribution in [0.4, 0.5) is 5.13 Å². The smallest absolute Gasteiger partial charge is 0.362 e. The fourth-order valence-corrected chi connectivity index (χ4v) is 4.39. The summed E-state index contributed by atoms with van der Waals surface area (Å²) < 4.78 is 32.9. The lowest BCUT2D eigenvalue weighted by molar-refractivity contribution is -0.161. The number of anilines is 1. The third-order valence-corrected chi connectivity index (χ3v) is 6.30. The van der Waals surface area contributed by atoms with E-state index >= 15 is 0 Å². The number of hydrogen-bond donors (Lipinski definition) is 3. The largest absolute Gasteiger partial charge is 0.478 e. The van der Waals surface area contributed by atoms with Gasteiger partial charge in [0.15, 0.2) is 16.6 Å². The molecule has 0 bridgehead atoms. The number of carbonyl (C=O) groups excluding carboxylic acids is 2. The number of carboxylic acids is 1. The average molecular weight is 502 g/mol. The molecule has 0 saturated carbocycles. The number of carboxylic acid groups (broad SMARTS) is 1. The lowest BCUT2D eigenvalue weighted by Gasteiger charge is -2.43. The lowest BCUT2D eigenvalue weighted by Crippen LogP contribution is -2.64. The average Bonchev–Trinajstić information content (AvgIpc) is 3.36. The van der Waals surface area contributed by atoms with Gasteiger partial charge < -0.3 is 15.7 Å². The minimum absolute atomic E-state index is 0.00705. The van der Waals surface area contributed by atoms with Crippen LogP contribution in [0, 0.1) is 5.92 Å². The summed E-state index contributed by atoms with van der Waals surface area (Å²) in [5.74, 6) is -4.31. The van der Waals surface area contributed by atoms with Crippen LogP contribution in [0.1, 0.15) is 26.0 Å². The number of Topliss-reactive ketones (excluding diaryl/α,β-unsaturated/α-hetero) is 1. The van der Waals surface area contributed by atoms with Crippen molar-refractivity contribution in [1.82, 2.24) is 24.3 Å². The third-order valence-electron chi connectivity index (χ3n) is 4.68. The highest BCUT2D eigenvalue weighted by Gasteiger charge is 2.54. The molecule has 4 N–H and O–H groups in total. The topological polar surface area (TPSA) is 220 Å². The van der Waals surface area contributed by atoms with Gasteiger partial charge in [-0.25, -0.2) is 14.1 Å². The molecule has 3 heterocycles. The van der Waals surface area contributed by atoms with E-state index in [2.05, 4.69) is 20.3 Å². The monoisotopic (exact) mass is 501 g/mol. The van der Waals surface area contributed by atoms with Crippen LogP contribution in [0.25, 0.3) is 0 Å². The summed E-state index contributed by atoms with van der Waals surface area (Å²) in [5.41, 5.74) is 3.42. The minimum Gasteiger partial charge on any atom is -0.478 e. The van der Waals surface area contributed by atoms with Gasteiger partial charge in [-0.3, -0.25) is 14.1 Å². The van der Waals surface area contributed by atoms with Crippen molar-refractivity contribution in [2.75, 3.05) is 5.73 Å². The molecule has 0 radical (unpaired) electrons. The van der Waals surface area contributed by atoms with Crippen molar-refractivity contribution in [3.05, 3.63) is 23.5 Å². The van der Waals surface area contributed by atoms with Crippen molar-refractivity contribution in [2.24, 2.45) is 11.1 Å². The molecule has 3 rings (SSSR count). The fraction of sp³-hybridized carbons (Fsp3) is 0.438. The molecule has 178 valence electrons. The number of nitrogen functional groups attached to an aromatic ring is 1. The summed E-state index contributed by atoms with van der Waals surface area (Å²) in [6.45, 7) is 2.21. The molecule has 2 aromatic heterocycles. The van der Waals surface area contributed by atoms with Gasteiger partial charge in [0.25, 0.3) is 0 Å². The van der Waals surface area contributed by atoms with Crippen molar-refractivity contribution in [2.45, 2.75) is 38.5 Å². The minimum atomic E-state index is -4.89. The predicted molar refractivity (Wildman–Crippen MR) is 111 cm³/mol. The number of rotatable bonds is 10. The van der Waals surface area contributed by atoms with Crippen LogP contribution < -0.4 is 5.73 Å². The number of oxime groups is 1. The Bertz CT molecular complexity index is 1210. The van der Waals surface area contributed by atoms with Crippen LogP contribution in [0.5, 0.6) is 0 Å². The van der Waals surface area contributed by atoms with Crippen molar-refractivity contribution < 1.29 is 37.3 Å². The molecule has 1 amide bonds. The van der Waals surface area contributed by atoms with Gasteiger partial charge in [0.2, 0.25) is 11.5 Å². The number of carbonyl (C=O) groups is 3. The second kappa shape index (κ2) is 8.83. The molecule has 0 spiro atoms. The fourth-order valence-electron chi connectivity index (χ4n) is 2.92. The Labute approximate surface area is 190 Å². The number of nitrogens with zero attached hydrogens (tertiary/aromatic N) is 6. The van der Waals surface area contributed by atoms with E-state index in [4.69, 9.17) is 10.6 Å². The zero-order chi connectivity index (χ0) is 24.6. The number of ketones is 1. The first-order chi connectivity index (χ1) is 15.3. The summed E-state index contributed by atoms with van der Waals surface area (Å²) in [6.07, 6.45) is 2.12. The van der Waals surface area contributed by atoms with E-state index in [0.29, 0.717) is 0 Å². The van der Waals surface area contributed by atoms with E-state index in [0.717, 1.165) is 16.1 Å². The molecule has 0 unspecified atom stereocenters. The quantitative estimate of drug-likeness (QED) is 0.157. The molecule has 0 aliphatic carbocycles. The Morgan fingerprint density at radius 2 is 1.97 bits per heavy atom. The van der Waals surface area contributed by atoms with Crippen molar-refractivity contribution in [1.29, 1.82) is 0 Å². The molecule has 15 nitrogen and oxygen atoms in total. The molecule has 2 aromatic rings. The van der Waals surface area contributed by atoms with Crippen LogP contribution in [0.2, 0.25) is 0 Å². The first-order valence-corrected chi connectivity index (χ1v) is 11.5. The number of thiazole rings is 1. The van der Waals surface area contributed by atoms with E-state index < -0.39 is 57.7 Å². The second-order valence-corrected chi connectivity index (χ2v) is 9.59. The Balaban J connectivity index is 1.88. The molecule has 0 aromatic carbocycles. The Kier molecular flexibility index (Phi) is 6.48. The molecule has 1 aliphatic rings. The number of hydrogen-bond acceptors (Lipinski definition) is 12. The van der Waals surface area contributed by atoms with Gasteiger partial charge in [-0.05, 0) is 13.8 Å². The first kappa shape index (κ1) is 24.2. The molecular formula is C16H19N7O8S2. The molecule has 1 aliphatic heterocycles. The summed E-state index contributed by atoms with van der Waals surface area (Å²) in [5, 5.41) is 22.0. The zero-order valence-corrected chi connectivity index (χ0v) is 18.9. The highest BCUT2D eigenvalue weighted by molar-refractivity contribution is 7.84. The van der Waals surface area contributed by atoms with Gasteiger partial charge in [0.1, 0.15) is 5.69 Å². The Hall–Kier alpha value is -3.44. The van der Waals surface area contributed by atoms with Crippen LogP contribution in [0.15, 0.2) is 22.9 Å². The lowest BCUT2D eigenvalue weighted by atomic mass is 9.84. The highest BCUT2D eigenvalue weighted by atomic mass is 32.2. The molecule has 17 heteroatoms. The summed E-state index contributed by atoms with van der Waals surface area (Å²) in [4.78, 5) is 46.8. The second-order valence-electron chi connectivity index (χ2n) is 7.41. The number of β-lactam (4-membered cyclic amide) rings is 1. The van der Waals surface area contributed by atoms with E-state index in [9.17, 15) is 32.5 Å². The zero-order valence-electron chi connectivity index (χ0n) is 17.2. The van der Waals surface area contributed by atoms with Gasteiger partial charge in [-0.1, -0.05) is 5.16 Å². The third kappa shape index (κ3) is 5.15. The maximum absolute atomic E-state index is 13.0. The predicted octanol–water partition coefficient (Wildman–Crippen LogP) is -0.810.